The van der Waals surface area contributed by atoms with Crippen molar-refractivity contribution >= 4 is 6.09 Å². The first-order valence-electron chi connectivity index (χ1n) is 11.3. The molecule has 0 saturated heterocycles. The van der Waals surface area contributed by atoms with E-state index >= 15 is 0 Å². The maximum absolute atomic E-state index is 12.6. The average Bonchev–Trinajstić information content (AvgIpc) is 2.91. The molecule has 2 aliphatic carbocycles. The van der Waals surface area contributed by atoms with Gasteiger partial charge in [0.25, 0.3) is 0 Å². The number of nitrogens with zero attached hydrogens (tertiary/aromatic N) is 2. The lowest BCUT2D eigenvalue weighted by atomic mass is 9.85. The first-order valence-corrected chi connectivity index (χ1v) is 11.3. The fourth-order valence-electron chi connectivity index (χ4n) is 4.84. The highest BCUT2D eigenvalue weighted by Crippen LogP contribution is 2.30. The molecule has 1 heterocycles. The third-order valence-electron chi connectivity index (χ3n) is 6.54. The molecule has 1 N–H and O–H groups in total. The van der Waals surface area contributed by atoms with Crippen LogP contribution in [0.1, 0.15) is 75.1 Å². The first kappa shape index (κ1) is 20.0. The van der Waals surface area contributed by atoms with Gasteiger partial charge in [-0.2, -0.15) is 0 Å². The van der Waals surface area contributed by atoms with Crippen molar-refractivity contribution in [2.75, 3.05) is 0 Å². The highest BCUT2D eigenvalue weighted by atomic mass is 16.6. The number of aromatic nitrogens is 2. The van der Waals surface area contributed by atoms with Crippen LogP contribution in [0.25, 0.3) is 0 Å². The molecule has 1 fully saturated rings. The van der Waals surface area contributed by atoms with Gasteiger partial charge < -0.3 is 10.1 Å². The molecule has 0 bridgehead atoms. The number of hydrogen-bond acceptors (Lipinski definition) is 3. The van der Waals surface area contributed by atoms with Gasteiger partial charge in [0.1, 0.15) is 0 Å². The van der Waals surface area contributed by atoms with Gasteiger partial charge in [0.15, 0.2) is 0 Å². The van der Waals surface area contributed by atoms with Crippen molar-refractivity contribution in [2.24, 2.45) is 5.92 Å². The molecule has 0 aliphatic heterocycles. The number of benzene rings is 1. The van der Waals surface area contributed by atoms with Crippen LogP contribution in [0.2, 0.25) is 0 Å². The summed E-state index contributed by atoms with van der Waals surface area (Å²) in [5.74, 6) is 1.07. The number of fused-ring (bicyclic) bond motifs is 1. The Morgan fingerprint density at radius 3 is 2.62 bits per heavy atom. The number of amides is 1. The molecule has 29 heavy (non-hydrogen) atoms. The number of hydrogen-bond donors (Lipinski definition) is 1. The number of carbonyl (C=O) groups excluding carboxylic acids is 1. The van der Waals surface area contributed by atoms with Gasteiger partial charge in [0.05, 0.1) is 6.54 Å². The van der Waals surface area contributed by atoms with Crippen LogP contribution in [0.3, 0.4) is 0 Å². The fourth-order valence-corrected chi connectivity index (χ4v) is 4.84. The molecule has 5 nitrogen and oxygen atoms in total. The van der Waals surface area contributed by atoms with E-state index in [0.29, 0.717) is 18.3 Å². The average molecular weight is 396 g/mol. The van der Waals surface area contributed by atoms with Gasteiger partial charge in [-0.25, -0.2) is 4.79 Å². The number of nitrogens with one attached hydrogen (secondary N) is 1. The second-order valence-electron chi connectivity index (χ2n) is 8.65. The van der Waals surface area contributed by atoms with Gasteiger partial charge in [-0.15, -0.1) is 5.10 Å². The molecule has 2 aliphatic rings. The molecule has 1 saturated carbocycles. The van der Waals surface area contributed by atoms with Crippen molar-refractivity contribution in [3.8, 4) is 5.88 Å². The Kier molecular flexibility index (Phi) is 6.53. The molecule has 4 rings (SSSR count). The minimum absolute atomic E-state index is 0.146. The van der Waals surface area contributed by atoms with Crippen LogP contribution < -0.4 is 10.1 Å². The summed E-state index contributed by atoms with van der Waals surface area (Å²) in [6, 6.07) is 10.5. The molecule has 0 unspecified atom stereocenters. The van der Waals surface area contributed by atoms with Crippen molar-refractivity contribution in [1.82, 2.24) is 15.1 Å². The highest BCUT2D eigenvalue weighted by Gasteiger charge is 2.25. The van der Waals surface area contributed by atoms with Crippen molar-refractivity contribution in [3.05, 3.63) is 47.2 Å². The molecule has 5 heteroatoms. The van der Waals surface area contributed by atoms with Crippen LogP contribution in [0, 0.1) is 5.92 Å². The number of carbonyl (C=O) groups is 1. The molecular formula is C24H33N3O2. The van der Waals surface area contributed by atoms with Gasteiger partial charge in [-0.05, 0) is 56.9 Å². The van der Waals surface area contributed by atoms with Gasteiger partial charge in [0.2, 0.25) is 5.88 Å². The van der Waals surface area contributed by atoms with Crippen LogP contribution in [-0.4, -0.2) is 21.9 Å². The van der Waals surface area contributed by atoms with Gasteiger partial charge in [-0.1, -0.05) is 56.0 Å². The zero-order valence-electron chi connectivity index (χ0n) is 17.5. The van der Waals surface area contributed by atoms with Crippen molar-refractivity contribution < 1.29 is 9.53 Å². The second-order valence-corrected chi connectivity index (χ2v) is 8.65. The molecule has 0 radical (unpaired) electrons. The Morgan fingerprint density at radius 2 is 1.83 bits per heavy atom. The molecule has 156 valence electrons. The smallest absolute Gasteiger partial charge is 0.389 e. The maximum Gasteiger partial charge on any atom is 0.414 e. The van der Waals surface area contributed by atoms with E-state index in [9.17, 15) is 4.79 Å². The summed E-state index contributed by atoms with van der Waals surface area (Å²) in [6.45, 7) is 2.82. The van der Waals surface area contributed by atoms with E-state index in [2.05, 4.69) is 36.5 Å². The normalized spacial score (nSPS) is 18.5. The van der Waals surface area contributed by atoms with E-state index in [0.717, 1.165) is 31.2 Å². The van der Waals surface area contributed by atoms with Gasteiger partial charge >= 0.3 is 6.09 Å². The highest BCUT2D eigenvalue weighted by molar-refractivity contribution is 5.70. The zero-order chi connectivity index (χ0) is 20.1. The summed E-state index contributed by atoms with van der Waals surface area (Å²) in [5.41, 5.74) is 3.57. The van der Waals surface area contributed by atoms with E-state index in [-0.39, 0.29) is 12.1 Å². The predicted octanol–water partition coefficient (Wildman–Crippen LogP) is 5.26. The minimum atomic E-state index is -0.362. The second kappa shape index (κ2) is 9.47. The SMILES string of the molecule is C[C@@H](NC(=O)Oc1nn(Cc2ccccc2)c2c1CCCCC2)C1CCCCC1. The van der Waals surface area contributed by atoms with Crippen molar-refractivity contribution in [3.63, 3.8) is 0 Å². The summed E-state index contributed by atoms with van der Waals surface area (Å²) < 4.78 is 7.81. The summed E-state index contributed by atoms with van der Waals surface area (Å²) in [7, 11) is 0. The summed E-state index contributed by atoms with van der Waals surface area (Å²) in [5, 5.41) is 7.79. The van der Waals surface area contributed by atoms with Crippen LogP contribution >= 0.6 is 0 Å². The lowest BCUT2D eigenvalue weighted by Crippen LogP contribution is -2.40. The summed E-state index contributed by atoms with van der Waals surface area (Å²) in [6.07, 6.45) is 11.3. The number of ether oxygens (including phenoxy) is 1. The Bertz CT molecular complexity index is 809. The molecule has 1 aromatic carbocycles. The van der Waals surface area contributed by atoms with Gasteiger partial charge in [-0.3, -0.25) is 4.68 Å². The van der Waals surface area contributed by atoms with Crippen molar-refractivity contribution in [1.29, 1.82) is 0 Å². The lowest BCUT2D eigenvalue weighted by Gasteiger charge is -2.27. The molecular weight excluding hydrogens is 362 g/mol. The summed E-state index contributed by atoms with van der Waals surface area (Å²) in [4.78, 5) is 12.6. The Morgan fingerprint density at radius 1 is 1.10 bits per heavy atom. The molecule has 1 amide bonds. The molecule has 1 aromatic heterocycles. The van der Waals surface area contributed by atoms with Gasteiger partial charge in [0, 0.05) is 17.3 Å². The van der Waals surface area contributed by atoms with Crippen LogP contribution in [0.4, 0.5) is 4.79 Å². The Hall–Kier alpha value is -2.30. The van der Waals surface area contributed by atoms with E-state index in [1.807, 2.05) is 10.7 Å². The van der Waals surface area contributed by atoms with E-state index in [4.69, 9.17) is 9.84 Å². The molecule has 1 atom stereocenters. The van der Waals surface area contributed by atoms with Crippen LogP contribution in [-0.2, 0) is 19.4 Å². The van der Waals surface area contributed by atoms with E-state index < -0.39 is 0 Å². The first-order chi connectivity index (χ1) is 14.2. The molecule has 2 aromatic rings. The van der Waals surface area contributed by atoms with Crippen LogP contribution in [0.15, 0.2) is 30.3 Å². The Balaban J connectivity index is 1.48. The van der Waals surface area contributed by atoms with E-state index in [1.165, 1.54) is 49.8 Å². The zero-order valence-corrected chi connectivity index (χ0v) is 17.5. The number of rotatable bonds is 5. The van der Waals surface area contributed by atoms with Crippen LogP contribution in [0.5, 0.6) is 5.88 Å². The largest absolute Gasteiger partial charge is 0.414 e. The lowest BCUT2D eigenvalue weighted by molar-refractivity contribution is 0.184. The maximum atomic E-state index is 12.6. The quantitative estimate of drug-likeness (QED) is 0.703. The van der Waals surface area contributed by atoms with E-state index in [1.54, 1.807) is 0 Å². The predicted molar refractivity (Wildman–Crippen MR) is 114 cm³/mol. The molecule has 0 spiro atoms. The summed E-state index contributed by atoms with van der Waals surface area (Å²) >= 11 is 0. The minimum Gasteiger partial charge on any atom is -0.389 e. The fraction of sp³-hybridized carbons (Fsp3) is 0.583. The Labute approximate surface area is 173 Å². The standard InChI is InChI=1S/C24H33N3O2/c1-18(20-13-7-3-8-14-20)25-24(28)29-23-21-15-9-4-10-16-22(21)27(26-23)17-19-11-5-2-6-12-19/h2,5-6,11-12,18,20H,3-4,7-10,13-17H2,1H3,(H,25,28)/t18-/m1/s1. The monoisotopic (exact) mass is 395 g/mol. The topological polar surface area (TPSA) is 56.1 Å². The van der Waals surface area contributed by atoms with Crippen molar-refractivity contribution in [2.45, 2.75) is 83.7 Å². The third-order valence-corrected chi connectivity index (χ3v) is 6.54. The third kappa shape index (κ3) is 5.01.